The molecule has 0 unspecified atom stereocenters. The topological polar surface area (TPSA) is 70.8 Å². The maximum atomic E-state index is 10.0. The summed E-state index contributed by atoms with van der Waals surface area (Å²) in [4.78, 5) is 10.0. The number of hydrogen-bond acceptors (Lipinski definition) is 4. The minimum absolute atomic E-state index is 0.453. The van der Waals surface area contributed by atoms with Crippen molar-refractivity contribution in [1.82, 2.24) is 0 Å². The van der Waals surface area contributed by atoms with Gasteiger partial charge in [-0.2, -0.15) is 0 Å². The summed E-state index contributed by atoms with van der Waals surface area (Å²) in [6.45, 7) is 10.0. The summed E-state index contributed by atoms with van der Waals surface area (Å²) in [7, 11) is 0. The van der Waals surface area contributed by atoms with Gasteiger partial charge in [0.2, 0.25) is 0 Å². The first-order chi connectivity index (χ1) is 13.8. The van der Waals surface area contributed by atoms with Gasteiger partial charge in [-0.05, 0) is 70.8 Å². The molecule has 2 rings (SSSR count). The highest BCUT2D eigenvalue weighted by Gasteiger charge is 2.19. The number of hydrogen-bond donors (Lipinski definition) is 1. The molecule has 1 aromatic carbocycles. The molecule has 1 fully saturated rings. The van der Waals surface area contributed by atoms with E-state index >= 15 is 0 Å². The molecule has 2 N–H and O–H groups in total. The van der Waals surface area contributed by atoms with Crippen LogP contribution < -0.4 is 5.73 Å². The average molecular weight is 408 g/mol. The molecule has 5 nitrogen and oxygen atoms in total. The highest BCUT2D eigenvalue weighted by Crippen LogP contribution is 2.28. The van der Waals surface area contributed by atoms with Gasteiger partial charge in [0.05, 0.1) is 12.7 Å². The molecule has 0 atom stereocenters. The normalized spacial score (nSPS) is 19.2. The van der Waals surface area contributed by atoms with Gasteiger partial charge in [0.1, 0.15) is 5.60 Å². The maximum Gasteiger partial charge on any atom is 0.405 e. The number of amides is 1. The Morgan fingerprint density at radius 1 is 1.03 bits per heavy atom. The third-order valence-electron chi connectivity index (χ3n) is 4.93. The molecule has 1 saturated carbocycles. The molecule has 0 bridgehead atoms. The lowest BCUT2D eigenvalue weighted by Gasteiger charge is -2.27. The first kappa shape index (κ1) is 25.4. The van der Waals surface area contributed by atoms with Gasteiger partial charge in [-0.25, -0.2) is 4.79 Å². The Bertz CT molecular complexity index is 534. The van der Waals surface area contributed by atoms with Crippen LogP contribution in [-0.4, -0.2) is 31.0 Å². The van der Waals surface area contributed by atoms with E-state index in [0.29, 0.717) is 6.10 Å². The summed E-state index contributed by atoms with van der Waals surface area (Å²) in [5.41, 5.74) is 5.52. The quantitative estimate of drug-likeness (QED) is 0.521. The molecule has 0 spiro atoms. The fourth-order valence-electron chi connectivity index (χ4n) is 3.33. The summed E-state index contributed by atoms with van der Waals surface area (Å²) in [5, 5.41) is 0. The summed E-state index contributed by atoms with van der Waals surface area (Å²) < 4.78 is 16.2. The van der Waals surface area contributed by atoms with Crippen molar-refractivity contribution >= 4 is 6.09 Å². The number of primary amides is 1. The van der Waals surface area contributed by atoms with Crippen molar-refractivity contribution in [3.8, 4) is 0 Å². The third kappa shape index (κ3) is 14.1. The molecular weight excluding hydrogens is 366 g/mol. The van der Waals surface area contributed by atoms with Crippen molar-refractivity contribution in [2.24, 2.45) is 11.7 Å². The monoisotopic (exact) mass is 407 g/mol. The van der Waals surface area contributed by atoms with Crippen LogP contribution in [0.5, 0.6) is 0 Å². The summed E-state index contributed by atoms with van der Waals surface area (Å²) >= 11 is 0. The second-order valence-electron chi connectivity index (χ2n) is 8.70. The van der Waals surface area contributed by atoms with Crippen LogP contribution in [0.3, 0.4) is 0 Å². The van der Waals surface area contributed by atoms with Crippen molar-refractivity contribution in [2.45, 2.75) is 91.0 Å². The predicted molar refractivity (Wildman–Crippen MR) is 118 cm³/mol. The summed E-state index contributed by atoms with van der Waals surface area (Å²) in [6, 6.07) is 10.4. The van der Waals surface area contributed by atoms with Crippen LogP contribution in [0.2, 0.25) is 0 Å². The lowest BCUT2D eigenvalue weighted by Crippen LogP contribution is -2.27. The molecule has 1 aliphatic carbocycles. The van der Waals surface area contributed by atoms with Gasteiger partial charge in [-0.1, -0.05) is 43.7 Å². The van der Waals surface area contributed by atoms with Gasteiger partial charge in [0, 0.05) is 13.2 Å². The van der Waals surface area contributed by atoms with Crippen molar-refractivity contribution in [3.05, 3.63) is 35.9 Å². The molecule has 0 saturated heterocycles. The van der Waals surface area contributed by atoms with Crippen LogP contribution >= 0.6 is 0 Å². The molecule has 29 heavy (non-hydrogen) atoms. The molecule has 1 aromatic rings. The molecular formula is C24H41NO4. The fraction of sp³-hybridized carbons (Fsp3) is 0.708. The van der Waals surface area contributed by atoms with Crippen LogP contribution in [0.15, 0.2) is 30.3 Å². The van der Waals surface area contributed by atoms with Gasteiger partial charge in [-0.15, -0.1) is 0 Å². The number of ether oxygens (including phenoxy) is 3. The molecule has 0 radical (unpaired) electrons. The van der Waals surface area contributed by atoms with Crippen LogP contribution in [0.4, 0.5) is 4.79 Å². The van der Waals surface area contributed by atoms with Crippen LogP contribution in [0.25, 0.3) is 0 Å². The summed E-state index contributed by atoms with van der Waals surface area (Å²) in [5.74, 6) is 0.955. The predicted octanol–water partition coefficient (Wildman–Crippen LogP) is 5.85. The van der Waals surface area contributed by atoms with E-state index in [9.17, 15) is 4.79 Å². The standard InChI is InChI=1S/C19H30O2.C5H11NO2/c1-2-17-10-12-19(13-11-17)21-15-7-6-14-20-16-18-8-4-3-5-9-18;1-5(2,3)8-4(6)7/h3-5,8-9,17,19H,2,6-7,10-16H2,1H3;1-3H3,(H2,6,7). The molecule has 0 heterocycles. The lowest BCUT2D eigenvalue weighted by molar-refractivity contribution is 0.0123. The van der Waals surface area contributed by atoms with Crippen LogP contribution in [0, 0.1) is 5.92 Å². The molecule has 5 heteroatoms. The Kier molecular flexibility index (Phi) is 12.6. The zero-order valence-corrected chi connectivity index (χ0v) is 18.8. The lowest BCUT2D eigenvalue weighted by atomic mass is 9.86. The first-order valence-electron chi connectivity index (χ1n) is 11.0. The molecule has 166 valence electrons. The van der Waals surface area contributed by atoms with E-state index in [0.717, 1.165) is 38.6 Å². The minimum atomic E-state index is -0.725. The third-order valence-corrected chi connectivity index (χ3v) is 4.93. The second-order valence-corrected chi connectivity index (χ2v) is 8.70. The van der Waals surface area contributed by atoms with Crippen LogP contribution in [-0.2, 0) is 20.8 Å². The van der Waals surface area contributed by atoms with Gasteiger partial charge in [0.15, 0.2) is 0 Å². The van der Waals surface area contributed by atoms with E-state index in [4.69, 9.17) is 15.2 Å². The van der Waals surface area contributed by atoms with E-state index < -0.39 is 11.7 Å². The van der Waals surface area contributed by atoms with Gasteiger partial charge >= 0.3 is 6.09 Å². The number of benzene rings is 1. The Morgan fingerprint density at radius 2 is 1.66 bits per heavy atom. The highest BCUT2D eigenvalue weighted by atomic mass is 16.6. The van der Waals surface area contributed by atoms with E-state index in [1.54, 1.807) is 20.8 Å². The Labute approximate surface area is 177 Å². The number of unbranched alkanes of at least 4 members (excludes halogenated alkanes) is 1. The second kappa shape index (κ2) is 14.4. The number of rotatable bonds is 9. The smallest absolute Gasteiger partial charge is 0.405 e. The summed E-state index contributed by atoms with van der Waals surface area (Å²) in [6.07, 6.45) is 8.61. The van der Waals surface area contributed by atoms with Crippen molar-refractivity contribution in [3.63, 3.8) is 0 Å². The van der Waals surface area contributed by atoms with Crippen LogP contribution in [0.1, 0.15) is 78.2 Å². The molecule has 1 amide bonds. The highest BCUT2D eigenvalue weighted by molar-refractivity contribution is 5.65. The zero-order valence-electron chi connectivity index (χ0n) is 18.8. The van der Waals surface area contributed by atoms with E-state index in [1.165, 1.54) is 37.7 Å². The van der Waals surface area contributed by atoms with E-state index in [2.05, 4.69) is 35.9 Å². The van der Waals surface area contributed by atoms with E-state index in [-0.39, 0.29) is 0 Å². The Morgan fingerprint density at radius 3 is 2.17 bits per heavy atom. The Balaban J connectivity index is 0.000000447. The van der Waals surface area contributed by atoms with E-state index in [1.807, 2.05) is 6.07 Å². The fourth-order valence-corrected chi connectivity index (χ4v) is 3.33. The number of nitrogens with two attached hydrogens (primary N) is 1. The number of carbonyl (C=O) groups is 1. The first-order valence-corrected chi connectivity index (χ1v) is 11.0. The van der Waals surface area contributed by atoms with Crippen molar-refractivity contribution < 1.29 is 19.0 Å². The molecule has 1 aliphatic rings. The van der Waals surface area contributed by atoms with Gasteiger partial charge in [-0.3, -0.25) is 0 Å². The van der Waals surface area contributed by atoms with Crippen molar-refractivity contribution in [1.29, 1.82) is 0 Å². The Hall–Kier alpha value is -1.59. The average Bonchev–Trinajstić information content (AvgIpc) is 2.67. The molecule has 0 aromatic heterocycles. The maximum absolute atomic E-state index is 10.0. The SMILES string of the molecule is CC(C)(C)OC(N)=O.CCC1CCC(OCCCCOCc2ccccc2)CC1. The van der Waals surface area contributed by atoms with Gasteiger partial charge in [0.25, 0.3) is 0 Å². The van der Waals surface area contributed by atoms with Crippen molar-refractivity contribution in [2.75, 3.05) is 13.2 Å². The molecule has 0 aliphatic heterocycles. The van der Waals surface area contributed by atoms with Gasteiger partial charge < -0.3 is 19.9 Å². The zero-order chi connectivity index (χ0) is 21.5. The number of carbonyl (C=O) groups excluding carboxylic acids is 1. The largest absolute Gasteiger partial charge is 0.444 e. The minimum Gasteiger partial charge on any atom is -0.444 e.